The topological polar surface area (TPSA) is 88.4 Å². The van der Waals surface area contributed by atoms with E-state index in [1.165, 1.54) is 22.0 Å². The van der Waals surface area contributed by atoms with Gasteiger partial charge in [0.05, 0.1) is 43.2 Å². The predicted octanol–water partition coefficient (Wildman–Crippen LogP) is 2.99. The average Bonchev–Trinajstić information content (AvgIpc) is 3.20. The first-order valence-corrected chi connectivity index (χ1v) is 11.9. The van der Waals surface area contributed by atoms with Crippen molar-refractivity contribution in [3.8, 4) is 17.2 Å². The fourth-order valence-corrected chi connectivity index (χ4v) is 5.10. The zero-order chi connectivity index (χ0) is 25.8. The van der Waals surface area contributed by atoms with Gasteiger partial charge in [-0.25, -0.2) is 9.79 Å². The van der Waals surface area contributed by atoms with Gasteiger partial charge in [0.2, 0.25) is 0 Å². The van der Waals surface area contributed by atoms with Crippen molar-refractivity contribution in [3.05, 3.63) is 97.2 Å². The highest BCUT2D eigenvalue weighted by molar-refractivity contribution is 7.07. The molecular formula is C27H26N2O6S. The molecule has 8 nitrogen and oxygen atoms in total. The molecule has 0 aliphatic carbocycles. The van der Waals surface area contributed by atoms with E-state index in [1.54, 1.807) is 52.5 Å². The molecule has 0 radical (unpaired) electrons. The number of esters is 1. The van der Waals surface area contributed by atoms with E-state index in [0.717, 1.165) is 5.56 Å². The number of thiazole rings is 1. The van der Waals surface area contributed by atoms with Crippen LogP contribution >= 0.6 is 11.3 Å². The second kappa shape index (κ2) is 10.7. The molecule has 1 atom stereocenters. The molecule has 0 saturated heterocycles. The minimum absolute atomic E-state index is 0.0466. The third kappa shape index (κ3) is 4.57. The molecule has 1 aliphatic rings. The zero-order valence-corrected chi connectivity index (χ0v) is 21.3. The van der Waals surface area contributed by atoms with Crippen molar-refractivity contribution < 1.29 is 23.7 Å². The minimum Gasteiger partial charge on any atom is -0.497 e. The molecule has 0 saturated carbocycles. The van der Waals surface area contributed by atoms with E-state index < -0.39 is 12.0 Å². The third-order valence-electron chi connectivity index (χ3n) is 5.73. The number of carbonyl (C=O) groups is 1. The number of carbonyl (C=O) groups excluding carboxylic acids is 1. The summed E-state index contributed by atoms with van der Waals surface area (Å²) in [5.74, 6) is 1.18. The van der Waals surface area contributed by atoms with Gasteiger partial charge in [0, 0.05) is 5.56 Å². The van der Waals surface area contributed by atoms with Crippen LogP contribution in [0.3, 0.4) is 0 Å². The second-order valence-corrected chi connectivity index (χ2v) is 8.83. The number of hydrogen-bond acceptors (Lipinski definition) is 8. The molecule has 36 heavy (non-hydrogen) atoms. The number of allylic oxidation sites excluding steroid dienone is 1. The van der Waals surface area contributed by atoms with E-state index in [4.69, 9.17) is 18.9 Å². The standard InChI is InChI=1S/C27H26N2O6S/c1-6-14-35-26(31)22-16(2)28-27-29(23(22)17-10-12-19(32-3)13-11-17)25(30)21(36-27)15-18-8-7-9-20(33-4)24(18)34-5/h6-13,15,23H,1,14H2,2-5H3/b21-15+/t23-/m0/s1. The second-order valence-electron chi connectivity index (χ2n) is 7.82. The van der Waals surface area contributed by atoms with Crippen LogP contribution in [-0.4, -0.2) is 38.5 Å². The van der Waals surface area contributed by atoms with Crippen LogP contribution in [0.25, 0.3) is 6.08 Å². The summed E-state index contributed by atoms with van der Waals surface area (Å²) < 4.78 is 23.5. The quantitative estimate of drug-likeness (QED) is 0.345. The van der Waals surface area contributed by atoms with Crippen molar-refractivity contribution in [3.63, 3.8) is 0 Å². The molecular weight excluding hydrogens is 480 g/mol. The Morgan fingerprint density at radius 2 is 1.86 bits per heavy atom. The Balaban J connectivity index is 1.94. The molecule has 0 N–H and O–H groups in total. The summed E-state index contributed by atoms with van der Waals surface area (Å²) in [5, 5.41) is 0. The van der Waals surface area contributed by atoms with Gasteiger partial charge in [-0.3, -0.25) is 9.36 Å². The molecule has 4 rings (SSSR count). The van der Waals surface area contributed by atoms with E-state index >= 15 is 0 Å². The number of rotatable bonds is 8. The smallest absolute Gasteiger partial charge is 0.338 e. The highest BCUT2D eigenvalue weighted by atomic mass is 32.1. The van der Waals surface area contributed by atoms with Gasteiger partial charge in [0.25, 0.3) is 5.56 Å². The molecule has 1 aliphatic heterocycles. The van der Waals surface area contributed by atoms with Crippen LogP contribution in [0.5, 0.6) is 17.2 Å². The Bertz CT molecular complexity index is 1520. The van der Waals surface area contributed by atoms with E-state index in [0.29, 0.717) is 43.4 Å². The SMILES string of the molecule is C=CCOC(=O)C1=C(C)N=c2s/c(=C/c3cccc(OC)c3OC)c(=O)n2[C@H]1c1ccc(OC)cc1. The van der Waals surface area contributed by atoms with Crippen LogP contribution in [0.4, 0.5) is 0 Å². The van der Waals surface area contributed by atoms with Crippen LogP contribution in [0, 0.1) is 0 Å². The van der Waals surface area contributed by atoms with Gasteiger partial charge in [0.1, 0.15) is 12.4 Å². The molecule has 0 fully saturated rings. The van der Waals surface area contributed by atoms with Gasteiger partial charge >= 0.3 is 5.97 Å². The van der Waals surface area contributed by atoms with E-state index in [-0.39, 0.29) is 12.2 Å². The Morgan fingerprint density at radius 1 is 1.11 bits per heavy atom. The summed E-state index contributed by atoms with van der Waals surface area (Å²) in [6.07, 6.45) is 3.23. The summed E-state index contributed by atoms with van der Waals surface area (Å²) >= 11 is 1.24. The van der Waals surface area contributed by atoms with Crippen molar-refractivity contribution in [2.24, 2.45) is 4.99 Å². The number of aromatic nitrogens is 1. The van der Waals surface area contributed by atoms with E-state index in [1.807, 2.05) is 24.3 Å². The average molecular weight is 507 g/mol. The largest absolute Gasteiger partial charge is 0.497 e. The Kier molecular flexibility index (Phi) is 7.40. The molecule has 0 bridgehead atoms. The highest BCUT2D eigenvalue weighted by Gasteiger charge is 2.33. The first-order valence-electron chi connectivity index (χ1n) is 11.1. The maximum Gasteiger partial charge on any atom is 0.338 e. The van der Waals surface area contributed by atoms with Crippen molar-refractivity contribution >= 4 is 23.4 Å². The predicted molar refractivity (Wildman–Crippen MR) is 137 cm³/mol. The molecule has 0 unspecified atom stereocenters. The van der Waals surface area contributed by atoms with Gasteiger partial charge in [-0.05, 0) is 36.8 Å². The molecule has 2 heterocycles. The number of benzene rings is 2. The van der Waals surface area contributed by atoms with Gasteiger partial charge in [-0.2, -0.15) is 0 Å². The summed E-state index contributed by atoms with van der Waals surface area (Å²) in [7, 11) is 4.68. The lowest BCUT2D eigenvalue weighted by Gasteiger charge is -2.24. The summed E-state index contributed by atoms with van der Waals surface area (Å²) in [6.45, 7) is 5.39. The van der Waals surface area contributed by atoms with E-state index in [2.05, 4.69) is 11.6 Å². The van der Waals surface area contributed by atoms with Crippen molar-refractivity contribution in [2.45, 2.75) is 13.0 Å². The summed E-state index contributed by atoms with van der Waals surface area (Å²) in [6, 6.07) is 11.9. The van der Waals surface area contributed by atoms with E-state index in [9.17, 15) is 9.59 Å². The normalized spacial score (nSPS) is 15.1. The van der Waals surface area contributed by atoms with Crippen molar-refractivity contribution in [1.29, 1.82) is 0 Å². The summed E-state index contributed by atoms with van der Waals surface area (Å²) in [5.41, 5.74) is 1.90. The third-order valence-corrected chi connectivity index (χ3v) is 6.71. The monoisotopic (exact) mass is 506 g/mol. The van der Waals surface area contributed by atoms with Gasteiger partial charge < -0.3 is 18.9 Å². The lowest BCUT2D eigenvalue weighted by Crippen LogP contribution is -2.39. The maximum atomic E-state index is 13.8. The molecule has 0 spiro atoms. The Morgan fingerprint density at radius 3 is 2.50 bits per heavy atom. The molecule has 1 aromatic heterocycles. The number of para-hydroxylation sites is 1. The van der Waals surface area contributed by atoms with Crippen LogP contribution in [0.2, 0.25) is 0 Å². The van der Waals surface area contributed by atoms with Gasteiger partial charge in [0.15, 0.2) is 16.3 Å². The van der Waals surface area contributed by atoms with Crippen molar-refractivity contribution in [1.82, 2.24) is 4.57 Å². The lowest BCUT2D eigenvalue weighted by molar-refractivity contribution is -0.138. The number of fused-ring (bicyclic) bond motifs is 1. The molecule has 9 heteroatoms. The first-order chi connectivity index (χ1) is 17.4. The molecule has 2 aromatic carbocycles. The molecule has 0 amide bonds. The van der Waals surface area contributed by atoms with Crippen molar-refractivity contribution in [2.75, 3.05) is 27.9 Å². The number of methoxy groups -OCH3 is 3. The number of hydrogen-bond donors (Lipinski definition) is 0. The highest BCUT2D eigenvalue weighted by Crippen LogP contribution is 2.33. The molecule has 186 valence electrons. The Labute approximate surface area is 212 Å². The van der Waals surface area contributed by atoms with Gasteiger partial charge in [-0.15, -0.1) is 0 Å². The van der Waals surface area contributed by atoms with Gasteiger partial charge in [-0.1, -0.05) is 48.3 Å². The first kappa shape index (κ1) is 25.0. The molecule has 3 aromatic rings. The van der Waals surface area contributed by atoms with Crippen LogP contribution < -0.4 is 29.1 Å². The zero-order valence-electron chi connectivity index (χ0n) is 20.4. The summed E-state index contributed by atoms with van der Waals surface area (Å²) in [4.78, 5) is 31.9. The fraction of sp³-hybridized carbons (Fsp3) is 0.222. The Hall–Kier alpha value is -4.11. The number of ether oxygens (including phenoxy) is 4. The van der Waals surface area contributed by atoms with Crippen LogP contribution in [0.15, 0.2) is 76.2 Å². The maximum absolute atomic E-state index is 13.8. The minimum atomic E-state index is -0.723. The lowest BCUT2D eigenvalue weighted by atomic mass is 9.96. The van der Waals surface area contributed by atoms with Crippen LogP contribution in [-0.2, 0) is 9.53 Å². The number of nitrogens with zero attached hydrogens (tertiary/aromatic N) is 2. The van der Waals surface area contributed by atoms with Crippen LogP contribution in [0.1, 0.15) is 24.1 Å². The fourth-order valence-electron chi connectivity index (χ4n) is 4.06.